The number of ether oxygens (including phenoxy) is 1. The van der Waals surface area contributed by atoms with Gasteiger partial charge in [0.2, 0.25) is 5.95 Å². The van der Waals surface area contributed by atoms with Gasteiger partial charge in [-0.2, -0.15) is 0 Å². The monoisotopic (exact) mass is 197 g/mol. The maximum absolute atomic E-state index is 4.97. The Balaban J connectivity index is 2.21. The topological polar surface area (TPSA) is 39.1 Å². The molecule has 0 aliphatic carbocycles. The first-order chi connectivity index (χ1) is 6.74. The van der Waals surface area contributed by atoms with Gasteiger partial charge in [0.15, 0.2) is 0 Å². The van der Waals surface area contributed by atoms with Crippen LogP contribution in [0.2, 0.25) is 0 Å². The molecule has 0 spiro atoms. The molecule has 0 fully saturated rings. The van der Waals surface area contributed by atoms with Crippen LogP contribution in [-0.2, 0) is 11.8 Å². The predicted octanol–water partition coefficient (Wildman–Crippen LogP) is 1.57. The van der Waals surface area contributed by atoms with Crippen LogP contribution in [0.15, 0.2) is 6.20 Å². The van der Waals surface area contributed by atoms with Gasteiger partial charge in [-0.3, -0.25) is 0 Å². The van der Waals surface area contributed by atoms with Gasteiger partial charge in [-0.1, -0.05) is 0 Å². The van der Waals surface area contributed by atoms with Crippen molar-refractivity contribution >= 4 is 5.95 Å². The van der Waals surface area contributed by atoms with E-state index in [9.17, 15) is 0 Å². The van der Waals surface area contributed by atoms with Crippen LogP contribution in [0.25, 0.3) is 0 Å². The quantitative estimate of drug-likeness (QED) is 0.703. The van der Waals surface area contributed by atoms with Crippen LogP contribution in [0.5, 0.6) is 0 Å². The number of methoxy groups -OCH3 is 1. The Morgan fingerprint density at radius 3 is 2.86 bits per heavy atom. The lowest BCUT2D eigenvalue weighted by molar-refractivity contribution is 0.193. The van der Waals surface area contributed by atoms with E-state index in [1.807, 2.05) is 24.7 Å². The summed E-state index contributed by atoms with van der Waals surface area (Å²) in [6.45, 7) is 3.78. The molecule has 4 nitrogen and oxygen atoms in total. The normalized spacial score (nSPS) is 10.5. The molecule has 0 amide bonds. The van der Waals surface area contributed by atoms with E-state index in [0.29, 0.717) is 0 Å². The second kappa shape index (κ2) is 5.65. The van der Waals surface area contributed by atoms with E-state index < -0.39 is 0 Å². The van der Waals surface area contributed by atoms with Crippen molar-refractivity contribution < 1.29 is 4.74 Å². The van der Waals surface area contributed by atoms with Crippen LogP contribution in [0, 0.1) is 6.92 Å². The lowest BCUT2D eigenvalue weighted by atomic mass is 10.3. The molecule has 1 aromatic rings. The molecule has 1 heterocycles. The number of aryl methyl sites for hydroxylation is 2. The van der Waals surface area contributed by atoms with Gasteiger partial charge < -0.3 is 14.6 Å². The zero-order valence-electron chi connectivity index (χ0n) is 9.21. The minimum absolute atomic E-state index is 0.835. The third-order valence-electron chi connectivity index (χ3n) is 2.06. The number of imidazole rings is 1. The lowest BCUT2D eigenvalue weighted by Crippen LogP contribution is -2.07. The van der Waals surface area contributed by atoms with Crippen molar-refractivity contribution in [1.29, 1.82) is 0 Å². The second-order valence-electron chi connectivity index (χ2n) is 3.44. The molecule has 0 radical (unpaired) electrons. The molecule has 1 aromatic heterocycles. The standard InChI is InChI=1S/C10H19N3O/c1-9-8-13(2)10(12-9)11-6-4-5-7-14-3/h8H,4-7H2,1-3H3,(H,11,12). The minimum atomic E-state index is 0.835. The van der Waals surface area contributed by atoms with Gasteiger partial charge in [0, 0.05) is 33.5 Å². The predicted molar refractivity (Wildman–Crippen MR) is 57.5 cm³/mol. The molecule has 0 aliphatic heterocycles. The second-order valence-corrected chi connectivity index (χ2v) is 3.44. The van der Waals surface area contributed by atoms with E-state index in [1.165, 1.54) is 0 Å². The Morgan fingerprint density at radius 2 is 2.29 bits per heavy atom. The summed E-state index contributed by atoms with van der Waals surface area (Å²) in [5.74, 6) is 0.944. The summed E-state index contributed by atoms with van der Waals surface area (Å²) in [6, 6.07) is 0. The summed E-state index contributed by atoms with van der Waals surface area (Å²) in [6.07, 6.45) is 4.21. The molecule has 0 aliphatic rings. The minimum Gasteiger partial charge on any atom is -0.385 e. The fourth-order valence-corrected chi connectivity index (χ4v) is 1.35. The smallest absolute Gasteiger partial charge is 0.202 e. The number of rotatable bonds is 6. The summed E-state index contributed by atoms with van der Waals surface area (Å²) < 4.78 is 6.98. The maximum Gasteiger partial charge on any atom is 0.202 e. The Labute approximate surface area is 85.3 Å². The Bertz CT molecular complexity index is 270. The summed E-state index contributed by atoms with van der Waals surface area (Å²) >= 11 is 0. The summed E-state index contributed by atoms with van der Waals surface area (Å²) in [7, 11) is 3.73. The maximum atomic E-state index is 4.97. The fraction of sp³-hybridized carbons (Fsp3) is 0.700. The first kappa shape index (κ1) is 11.0. The molecule has 1 rings (SSSR count). The summed E-state index contributed by atoms with van der Waals surface area (Å²) in [4.78, 5) is 4.35. The van der Waals surface area contributed by atoms with Crippen molar-refractivity contribution in [1.82, 2.24) is 9.55 Å². The molecule has 80 valence electrons. The molecule has 0 saturated heterocycles. The van der Waals surface area contributed by atoms with Crippen LogP contribution in [-0.4, -0.2) is 29.8 Å². The number of hydrogen-bond donors (Lipinski definition) is 1. The van der Waals surface area contributed by atoms with Crippen LogP contribution < -0.4 is 5.32 Å². The van der Waals surface area contributed by atoms with Crippen molar-refractivity contribution in [2.24, 2.45) is 7.05 Å². The number of aromatic nitrogens is 2. The molecule has 0 aromatic carbocycles. The average molecular weight is 197 g/mol. The highest BCUT2D eigenvalue weighted by atomic mass is 16.5. The number of nitrogens with one attached hydrogen (secondary N) is 1. The van der Waals surface area contributed by atoms with Crippen molar-refractivity contribution in [2.45, 2.75) is 19.8 Å². The zero-order chi connectivity index (χ0) is 10.4. The van der Waals surface area contributed by atoms with E-state index in [4.69, 9.17) is 4.74 Å². The summed E-state index contributed by atoms with van der Waals surface area (Å²) in [5, 5.41) is 3.29. The largest absolute Gasteiger partial charge is 0.385 e. The Hall–Kier alpha value is -1.03. The van der Waals surface area contributed by atoms with Crippen molar-refractivity contribution in [3.8, 4) is 0 Å². The first-order valence-electron chi connectivity index (χ1n) is 4.97. The van der Waals surface area contributed by atoms with Crippen LogP contribution in [0.1, 0.15) is 18.5 Å². The van der Waals surface area contributed by atoms with E-state index in [2.05, 4.69) is 10.3 Å². The van der Waals surface area contributed by atoms with Gasteiger partial charge in [0.05, 0.1) is 5.69 Å². The van der Waals surface area contributed by atoms with Crippen LogP contribution >= 0.6 is 0 Å². The van der Waals surface area contributed by atoms with Crippen LogP contribution in [0.4, 0.5) is 5.95 Å². The van der Waals surface area contributed by atoms with Gasteiger partial charge in [0.1, 0.15) is 0 Å². The molecular weight excluding hydrogens is 178 g/mol. The molecule has 1 N–H and O–H groups in total. The zero-order valence-corrected chi connectivity index (χ0v) is 9.21. The van der Waals surface area contributed by atoms with Gasteiger partial charge in [-0.15, -0.1) is 0 Å². The number of anilines is 1. The number of hydrogen-bond acceptors (Lipinski definition) is 3. The van der Waals surface area contributed by atoms with E-state index >= 15 is 0 Å². The Kier molecular flexibility index (Phi) is 4.46. The van der Waals surface area contributed by atoms with E-state index in [1.54, 1.807) is 7.11 Å². The van der Waals surface area contributed by atoms with Crippen molar-refractivity contribution in [3.63, 3.8) is 0 Å². The van der Waals surface area contributed by atoms with Gasteiger partial charge in [-0.05, 0) is 19.8 Å². The fourth-order valence-electron chi connectivity index (χ4n) is 1.35. The molecule has 14 heavy (non-hydrogen) atoms. The van der Waals surface area contributed by atoms with Gasteiger partial charge in [0.25, 0.3) is 0 Å². The molecule has 0 saturated carbocycles. The van der Waals surface area contributed by atoms with Gasteiger partial charge in [-0.25, -0.2) is 4.98 Å². The van der Waals surface area contributed by atoms with E-state index in [0.717, 1.165) is 37.6 Å². The highest BCUT2D eigenvalue weighted by molar-refractivity contribution is 5.27. The molecule has 0 unspecified atom stereocenters. The van der Waals surface area contributed by atoms with Crippen LogP contribution in [0.3, 0.4) is 0 Å². The van der Waals surface area contributed by atoms with E-state index in [-0.39, 0.29) is 0 Å². The van der Waals surface area contributed by atoms with Crippen molar-refractivity contribution in [2.75, 3.05) is 25.6 Å². The molecule has 0 bridgehead atoms. The highest BCUT2D eigenvalue weighted by Crippen LogP contribution is 2.05. The van der Waals surface area contributed by atoms with Crippen molar-refractivity contribution in [3.05, 3.63) is 11.9 Å². The number of unbranched alkanes of at least 4 members (excludes halogenated alkanes) is 1. The first-order valence-corrected chi connectivity index (χ1v) is 4.97. The average Bonchev–Trinajstić information content (AvgIpc) is 2.45. The molecule has 0 atom stereocenters. The Morgan fingerprint density at radius 1 is 1.50 bits per heavy atom. The molecular formula is C10H19N3O. The third-order valence-corrected chi connectivity index (χ3v) is 2.06. The summed E-state index contributed by atoms with van der Waals surface area (Å²) in [5.41, 5.74) is 1.05. The SMILES string of the molecule is COCCCCNc1nc(C)cn1C. The number of nitrogens with zero attached hydrogens (tertiary/aromatic N) is 2. The third kappa shape index (κ3) is 3.38. The highest BCUT2D eigenvalue weighted by Gasteiger charge is 1.99. The van der Waals surface area contributed by atoms with Gasteiger partial charge >= 0.3 is 0 Å². The lowest BCUT2D eigenvalue weighted by Gasteiger charge is -2.04. The molecule has 4 heteroatoms.